The number of nitriles is 1. The van der Waals surface area contributed by atoms with Crippen molar-refractivity contribution < 1.29 is 4.79 Å². The Morgan fingerprint density at radius 2 is 1.69 bits per heavy atom. The Kier molecular flexibility index (Phi) is 8.52. The highest BCUT2D eigenvalue weighted by atomic mass is 35.5. The van der Waals surface area contributed by atoms with Gasteiger partial charge in [0.2, 0.25) is 0 Å². The summed E-state index contributed by atoms with van der Waals surface area (Å²) in [4.78, 5) is 14.8. The Bertz CT molecular complexity index is 1090. The van der Waals surface area contributed by atoms with E-state index < -0.39 is 0 Å². The summed E-state index contributed by atoms with van der Waals surface area (Å²) < 4.78 is 0. The molecule has 7 heteroatoms. The molecular weight excluding hydrogens is 443 g/mol. The van der Waals surface area contributed by atoms with Gasteiger partial charge in [-0.1, -0.05) is 54.4 Å². The normalized spacial score (nSPS) is 10.4. The van der Waals surface area contributed by atoms with E-state index in [2.05, 4.69) is 23.6 Å². The summed E-state index contributed by atoms with van der Waals surface area (Å²) in [7, 11) is 0. The predicted octanol–water partition coefficient (Wildman–Crippen LogP) is 6.57. The van der Waals surface area contributed by atoms with Crippen molar-refractivity contribution in [3.05, 3.63) is 82.3 Å². The molecule has 0 atom stereocenters. The first-order chi connectivity index (χ1) is 15.5. The first kappa shape index (κ1) is 23.6. The molecule has 5 nitrogen and oxygen atoms in total. The topological polar surface area (TPSA) is 68.2 Å². The van der Waals surface area contributed by atoms with Crippen molar-refractivity contribution in [2.75, 3.05) is 29.9 Å². The average Bonchev–Trinajstić information content (AvgIpc) is 2.78. The summed E-state index contributed by atoms with van der Waals surface area (Å²) in [6.45, 7) is 4.13. The van der Waals surface area contributed by atoms with Crippen LogP contribution in [0.1, 0.15) is 18.9 Å². The summed E-state index contributed by atoms with van der Waals surface area (Å²) in [6.07, 6.45) is 1.02. The predicted molar refractivity (Wildman–Crippen MR) is 133 cm³/mol. The smallest absolute Gasteiger partial charge is 0.315 e. The molecule has 32 heavy (non-hydrogen) atoms. The lowest BCUT2D eigenvalue weighted by Gasteiger charge is -2.24. The molecule has 3 rings (SSSR count). The maximum Gasteiger partial charge on any atom is 0.326 e. The number of nitrogens with zero attached hydrogens (tertiary/aromatic N) is 2. The van der Waals surface area contributed by atoms with E-state index >= 15 is 0 Å². The molecule has 0 fully saturated rings. The zero-order valence-corrected chi connectivity index (χ0v) is 19.2. The van der Waals surface area contributed by atoms with Crippen molar-refractivity contribution >= 4 is 40.6 Å². The quantitative estimate of drug-likeness (QED) is 0.368. The lowest BCUT2D eigenvalue weighted by atomic mass is 10.0. The third-order valence-corrected chi connectivity index (χ3v) is 5.24. The second-order valence-corrected chi connectivity index (χ2v) is 8.10. The standard InChI is InChI=1S/C25H24Cl2N4O/c1-2-10-29-11-12-31(25(32)30-23-15-21(26)14-22(27)16-23)24-8-6-19(7-9-24)20-5-3-4-18(13-20)17-28/h3-9,13-16,29H,2,10-12H2,1H3,(H,30,32). The number of halogens is 2. The van der Waals surface area contributed by atoms with Crippen molar-refractivity contribution in [1.82, 2.24) is 5.32 Å². The van der Waals surface area contributed by atoms with E-state index in [9.17, 15) is 4.79 Å². The number of carbonyl (C=O) groups excluding carboxylic acids is 1. The van der Waals surface area contributed by atoms with E-state index in [-0.39, 0.29) is 6.03 Å². The summed E-state index contributed by atoms with van der Waals surface area (Å²) in [5, 5.41) is 16.2. The molecule has 0 bridgehead atoms. The monoisotopic (exact) mass is 466 g/mol. The number of anilines is 2. The Balaban J connectivity index is 1.82. The van der Waals surface area contributed by atoms with Crippen LogP contribution in [-0.2, 0) is 0 Å². The lowest BCUT2D eigenvalue weighted by molar-refractivity contribution is 0.257. The van der Waals surface area contributed by atoms with Gasteiger partial charge in [-0.2, -0.15) is 5.26 Å². The van der Waals surface area contributed by atoms with Gasteiger partial charge in [-0.05, 0) is 66.6 Å². The molecule has 2 N–H and O–H groups in total. The average molecular weight is 467 g/mol. The Morgan fingerprint density at radius 3 is 2.34 bits per heavy atom. The maximum absolute atomic E-state index is 13.1. The summed E-state index contributed by atoms with van der Waals surface area (Å²) in [6, 6.07) is 21.9. The van der Waals surface area contributed by atoms with Gasteiger partial charge >= 0.3 is 6.03 Å². The van der Waals surface area contributed by atoms with E-state index in [1.165, 1.54) is 0 Å². The number of urea groups is 1. The Labute approximate surface area is 198 Å². The summed E-state index contributed by atoms with van der Waals surface area (Å²) in [5.74, 6) is 0. The van der Waals surface area contributed by atoms with Gasteiger partial charge in [0.15, 0.2) is 0 Å². The number of hydrogen-bond acceptors (Lipinski definition) is 3. The van der Waals surface area contributed by atoms with E-state index in [0.29, 0.717) is 34.4 Å². The van der Waals surface area contributed by atoms with Crippen LogP contribution in [0.3, 0.4) is 0 Å². The van der Waals surface area contributed by atoms with Crippen LogP contribution >= 0.6 is 23.2 Å². The van der Waals surface area contributed by atoms with Crippen LogP contribution in [0.4, 0.5) is 16.2 Å². The van der Waals surface area contributed by atoms with E-state index in [4.69, 9.17) is 28.5 Å². The molecule has 2 amide bonds. The maximum atomic E-state index is 13.1. The van der Waals surface area contributed by atoms with Gasteiger partial charge in [-0.3, -0.25) is 4.90 Å². The molecule has 0 unspecified atom stereocenters. The van der Waals surface area contributed by atoms with Gasteiger partial charge in [0.05, 0.1) is 11.6 Å². The van der Waals surface area contributed by atoms with Gasteiger partial charge in [0.25, 0.3) is 0 Å². The van der Waals surface area contributed by atoms with E-state index in [1.807, 2.05) is 42.5 Å². The minimum Gasteiger partial charge on any atom is -0.315 e. The molecular formula is C25H24Cl2N4O. The van der Waals surface area contributed by atoms with Crippen LogP contribution in [0.25, 0.3) is 11.1 Å². The number of carbonyl (C=O) groups is 1. The highest BCUT2D eigenvalue weighted by Gasteiger charge is 2.16. The fourth-order valence-corrected chi connectivity index (χ4v) is 3.79. The highest BCUT2D eigenvalue weighted by molar-refractivity contribution is 6.35. The largest absolute Gasteiger partial charge is 0.326 e. The first-order valence-corrected chi connectivity index (χ1v) is 11.1. The van der Waals surface area contributed by atoms with Crippen molar-refractivity contribution in [2.45, 2.75) is 13.3 Å². The van der Waals surface area contributed by atoms with E-state index in [1.54, 1.807) is 29.2 Å². The summed E-state index contributed by atoms with van der Waals surface area (Å²) >= 11 is 12.1. The second-order valence-electron chi connectivity index (χ2n) is 7.23. The number of amides is 2. The van der Waals surface area contributed by atoms with Crippen LogP contribution in [0, 0.1) is 11.3 Å². The molecule has 3 aromatic rings. The van der Waals surface area contributed by atoms with Crippen molar-refractivity contribution in [3.8, 4) is 17.2 Å². The molecule has 0 aromatic heterocycles. The Hall–Kier alpha value is -3.04. The van der Waals surface area contributed by atoms with Crippen molar-refractivity contribution in [3.63, 3.8) is 0 Å². The van der Waals surface area contributed by atoms with Gasteiger partial charge in [-0.25, -0.2) is 4.79 Å². The molecule has 0 radical (unpaired) electrons. The minimum absolute atomic E-state index is 0.277. The molecule has 0 aliphatic heterocycles. The first-order valence-electron chi connectivity index (χ1n) is 10.4. The molecule has 0 aliphatic rings. The number of benzene rings is 3. The van der Waals surface area contributed by atoms with E-state index in [0.717, 1.165) is 29.8 Å². The molecule has 0 saturated heterocycles. The highest BCUT2D eigenvalue weighted by Crippen LogP contribution is 2.26. The Morgan fingerprint density at radius 1 is 0.969 bits per heavy atom. The second kappa shape index (κ2) is 11.5. The zero-order chi connectivity index (χ0) is 22.9. The number of hydrogen-bond donors (Lipinski definition) is 2. The molecule has 0 saturated carbocycles. The lowest BCUT2D eigenvalue weighted by Crippen LogP contribution is -2.40. The van der Waals surface area contributed by atoms with Crippen LogP contribution in [0.5, 0.6) is 0 Å². The molecule has 0 heterocycles. The number of rotatable bonds is 8. The molecule has 3 aromatic carbocycles. The molecule has 0 aliphatic carbocycles. The zero-order valence-electron chi connectivity index (χ0n) is 17.7. The van der Waals surface area contributed by atoms with Gasteiger partial charge in [-0.15, -0.1) is 0 Å². The van der Waals surface area contributed by atoms with Crippen molar-refractivity contribution in [1.29, 1.82) is 5.26 Å². The van der Waals surface area contributed by atoms with Crippen molar-refractivity contribution in [2.24, 2.45) is 0 Å². The van der Waals surface area contributed by atoms with Gasteiger partial charge in [0.1, 0.15) is 0 Å². The SMILES string of the molecule is CCCNCCN(C(=O)Nc1cc(Cl)cc(Cl)c1)c1ccc(-c2cccc(C#N)c2)cc1. The van der Waals surface area contributed by atoms with Crippen LogP contribution in [-0.4, -0.2) is 25.7 Å². The third-order valence-electron chi connectivity index (χ3n) is 4.80. The van der Waals surface area contributed by atoms with Crippen LogP contribution in [0.2, 0.25) is 10.0 Å². The summed E-state index contributed by atoms with van der Waals surface area (Å²) in [5.41, 5.74) is 3.81. The van der Waals surface area contributed by atoms with Gasteiger partial charge < -0.3 is 10.6 Å². The fraction of sp³-hybridized carbons (Fsp3) is 0.200. The number of nitrogens with one attached hydrogen (secondary N) is 2. The third kappa shape index (κ3) is 6.48. The molecule has 0 spiro atoms. The molecule has 164 valence electrons. The fourth-order valence-electron chi connectivity index (χ4n) is 3.26. The van der Waals surface area contributed by atoms with Crippen LogP contribution in [0.15, 0.2) is 66.7 Å². The van der Waals surface area contributed by atoms with Gasteiger partial charge in [0, 0.05) is 34.5 Å². The van der Waals surface area contributed by atoms with Crippen LogP contribution < -0.4 is 15.5 Å². The minimum atomic E-state index is -0.277.